The zero-order valence-corrected chi connectivity index (χ0v) is 12.6. The second-order valence-corrected chi connectivity index (χ2v) is 5.62. The lowest BCUT2D eigenvalue weighted by Gasteiger charge is -2.12. The Balaban J connectivity index is 2.38. The zero-order valence-electron chi connectivity index (χ0n) is 11.7. The van der Waals surface area contributed by atoms with Crippen molar-refractivity contribution in [2.45, 2.75) is 32.6 Å². The van der Waals surface area contributed by atoms with E-state index in [0.29, 0.717) is 5.56 Å². The summed E-state index contributed by atoms with van der Waals surface area (Å²) in [5, 5.41) is 12.4. The molecule has 0 bridgehead atoms. The fourth-order valence-electron chi connectivity index (χ4n) is 2.02. The number of hydrogen-bond donors (Lipinski definition) is 2. The number of unbranched alkanes of at least 4 members (excludes halogenated alkanes) is 3. The summed E-state index contributed by atoms with van der Waals surface area (Å²) in [6.45, 7) is 2.78. The minimum atomic E-state index is -0.869. The third kappa shape index (κ3) is 5.55. The van der Waals surface area contributed by atoms with Gasteiger partial charge in [0.05, 0.1) is 11.3 Å². The molecule has 0 aliphatic heterocycles. The molecule has 0 saturated heterocycles. The molecule has 1 aromatic carbocycles. The number of aromatic carboxylic acids is 1. The van der Waals surface area contributed by atoms with Crippen LogP contribution in [0.2, 0.25) is 0 Å². The number of benzene rings is 1. The van der Waals surface area contributed by atoms with E-state index in [0.717, 1.165) is 24.2 Å². The number of anilines is 1. The van der Waals surface area contributed by atoms with Crippen molar-refractivity contribution in [1.82, 2.24) is 0 Å². The first-order chi connectivity index (χ1) is 9.16. The van der Waals surface area contributed by atoms with Gasteiger partial charge in [0.25, 0.3) is 0 Å². The standard InChI is InChI=1S/C15H23NO2S/c1-12-8-7-9-13(15(17)18)14(12)16-10-5-3-4-6-11-19-2/h7-9,16H,3-6,10-11H2,1-2H3,(H,17,18). The number of carboxylic acids is 1. The second-order valence-electron chi connectivity index (χ2n) is 4.64. The molecular weight excluding hydrogens is 258 g/mol. The molecule has 0 unspecified atom stereocenters. The molecule has 0 aromatic heterocycles. The largest absolute Gasteiger partial charge is 0.478 e. The minimum absolute atomic E-state index is 0.363. The van der Waals surface area contributed by atoms with E-state index in [2.05, 4.69) is 11.6 Å². The van der Waals surface area contributed by atoms with Gasteiger partial charge in [-0.1, -0.05) is 25.0 Å². The predicted octanol–water partition coefficient (Wildman–Crippen LogP) is 4.03. The van der Waals surface area contributed by atoms with Crippen LogP contribution < -0.4 is 5.32 Å². The van der Waals surface area contributed by atoms with Gasteiger partial charge in [-0.15, -0.1) is 0 Å². The van der Waals surface area contributed by atoms with Crippen LogP contribution in [0.4, 0.5) is 5.69 Å². The third-order valence-corrected chi connectivity index (χ3v) is 3.78. The normalized spacial score (nSPS) is 10.4. The summed E-state index contributed by atoms with van der Waals surface area (Å²) in [4.78, 5) is 11.1. The van der Waals surface area contributed by atoms with Crippen LogP contribution in [0.25, 0.3) is 0 Å². The quantitative estimate of drug-likeness (QED) is 0.671. The van der Waals surface area contributed by atoms with Crippen LogP contribution in [-0.2, 0) is 0 Å². The van der Waals surface area contributed by atoms with Crippen LogP contribution >= 0.6 is 11.8 Å². The lowest BCUT2D eigenvalue weighted by Crippen LogP contribution is -2.09. The smallest absolute Gasteiger partial charge is 0.337 e. The van der Waals surface area contributed by atoms with Crippen molar-refractivity contribution < 1.29 is 9.90 Å². The van der Waals surface area contributed by atoms with Gasteiger partial charge >= 0.3 is 5.97 Å². The molecule has 19 heavy (non-hydrogen) atoms. The molecule has 0 spiro atoms. The number of carbonyl (C=O) groups is 1. The fraction of sp³-hybridized carbons (Fsp3) is 0.533. The Morgan fingerprint density at radius 2 is 2.00 bits per heavy atom. The molecule has 0 aliphatic carbocycles. The maximum absolute atomic E-state index is 11.1. The van der Waals surface area contributed by atoms with Crippen molar-refractivity contribution >= 4 is 23.4 Å². The molecule has 2 N–H and O–H groups in total. The molecule has 3 nitrogen and oxygen atoms in total. The molecule has 0 atom stereocenters. The number of rotatable bonds is 9. The Kier molecular flexibility index (Phi) is 7.41. The molecule has 4 heteroatoms. The van der Waals surface area contributed by atoms with Crippen LogP contribution in [0.15, 0.2) is 18.2 Å². The monoisotopic (exact) mass is 281 g/mol. The van der Waals surface area contributed by atoms with E-state index in [1.165, 1.54) is 25.0 Å². The first kappa shape index (κ1) is 15.9. The highest BCUT2D eigenvalue weighted by Crippen LogP contribution is 2.20. The Morgan fingerprint density at radius 1 is 1.26 bits per heavy atom. The van der Waals surface area contributed by atoms with E-state index in [-0.39, 0.29) is 0 Å². The van der Waals surface area contributed by atoms with Gasteiger partial charge < -0.3 is 10.4 Å². The van der Waals surface area contributed by atoms with E-state index >= 15 is 0 Å². The lowest BCUT2D eigenvalue weighted by atomic mass is 10.1. The third-order valence-electron chi connectivity index (χ3n) is 3.08. The van der Waals surface area contributed by atoms with Gasteiger partial charge in [-0.2, -0.15) is 11.8 Å². The van der Waals surface area contributed by atoms with Gasteiger partial charge in [-0.3, -0.25) is 0 Å². The Labute approximate surface area is 119 Å². The van der Waals surface area contributed by atoms with Crippen LogP contribution in [0.1, 0.15) is 41.6 Å². The van der Waals surface area contributed by atoms with Crippen LogP contribution in [0.3, 0.4) is 0 Å². The van der Waals surface area contributed by atoms with E-state index in [9.17, 15) is 4.79 Å². The van der Waals surface area contributed by atoms with Crippen molar-refractivity contribution in [1.29, 1.82) is 0 Å². The first-order valence-corrected chi connectivity index (χ1v) is 8.12. The van der Waals surface area contributed by atoms with Crippen LogP contribution in [0.5, 0.6) is 0 Å². The molecule has 0 fully saturated rings. The highest BCUT2D eigenvalue weighted by Gasteiger charge is 2.10. The van der Waals surface area contributed by atoms with Crippen molar-refractivity contribution in [3.63, 3.8) is 0 Å². The second kappa shape index (κ2) is 8.86. The number of para-hydroxylation sites is 1. The van der Waals surface area contributed by atoms with Gasteiger partial charge in [-0.05, 0) is 43.4 Å². The Hall–Kier alpha value is -1.16. The van der Waals surface area contributed by atoms with Crippen molar-refractivity contribution in [2.75, 3.05) is 23.9 Å². The summed E-state index contributed by atoms with van der Waals surface area (Å²) in [5.74, 6) is 0.361. The van der Waals surface area contributed by atoms with Gasteiger partial charge in [0.2, 0.25) is 0 Å². The molecule has 0 aliphatic rings. The van der Waals surface area contributed by atoms with Gasteiger partial charge in [-0.25, -0.2) is 4.79 Å². The maximum Gasteiger partial charge on any atom is 0.337 e. The summed E-state index contributed by atoms with van der Waals surface area (Å²) in [6.07, 6.45) is 6.94. The molecule has 106 valence electrons. The van der Waals surface area contributed by atoms with E-state index < -0.39 is 5.97 Å². The summed E-state index contributed by atoms with van der Waals surface area (Å²) >= 11 is 1.89. The van der Waals surface area contributed by atoms with Gasteiger partial charge in [0.15, 0.2) is 0 Å². The molecule has 0 heterocycles. The number of carboxylic acid groups (broad SMARTS) is 1. The zero-order chi connectivity index (χ0) is 14.1. The maximum atomic E-state index is 11.1. The average Bonchev–Trinajstić information content (AvgIpc) is 2.39. The van der Waals surface area contributed by atoms with Crippen molar-refractivity contribution in [2.24, 2.45) is 0 Å². The first-order valence-electron chi connectivity index (χ1n) is 6.72. The summed E-state index contributed by atoms with van der Waals surface area (Å²) in [5.41, 5.74) is 2.11. The summed E-state index contributed by atoms with van der Waals surface area (Å²) in [7, 11) is 0. The molecule has 1 aromatic rings. The van der Waals surface area contributed by atoms with Gasteiger partial charge in [0.1, 0.15) is 0 Å². The number of aryl methyl sites for hydroxylation is 1. The van der Waals surface area contributed by atoms with Crippen LogP contribution in [0, 0.1) is 6.92 Å². The molecule has 0 radical (unpaired) electrons. The summed E-state index contributed by atoms with van der Waals surface area (Å²) in [6, 6.07) is 5.37. The van der Waals surface area contributed by atoms with E-state index in [4.69, 9.17) is 5.11 Å². The number of hydrogen-bond acceptors (Lipinski definition) is 3. The Morgan fingerprint density at radius 3 is 2.68 bits per heavy atom. The highest BCUT2D eigenvalue weighted by molar-refractivity contribution is 7.98. The van der Waals surface area contributed by atoms with E-state index in [1.54, 1.807) is 12.1 Å². The van der Waals surface area contributed by atoms with Gasteiger partial charge in [0, 0.05) is 6.54 Å². The van der Waals surface area contributed by atoms with Crippen molar-refractivity contribution in [3.8, 4) is 0 Å². The van der Waals surface area contributed by atoms with E-state index in [1.807, 2.05) is 24.8 Å². The Bertz CT molecular complexity index is 407. The molecule has 0 saturated carbocycles. The highest BCUT2D eigenvalue weighted by atomic mass is 32.2. The summed E-state index contributed by atoms with van der Waals surface area (Å²) < 4.78 is 0. The number of nitrogens with one attached hydrogen (secondary N) is 1. The lowest BCUT2D eigenvalue weighted by molar-refractivity contribution is 0.0698. The molecular formula is C15H23NO2S. The average molecular weight is 281 g/mol. The molecule has 1 rings (SSSR count). The predicted molar refractivity (Wildman–Crippen MR) is 83.5 cm³/mol. The minimum Gasteiger partial charge on any atom is -0.478 e. The number of thioether (sulfide) groups is 1. The van der Waals surface area contributed by atoms with Crippen molar-refractivity contribution in [3.05, 3.63) is 29.3 Å². The SMILES string of the molecule is CSCCCCCCNc1c(C)cccc1C(=O)O. The van der Waals surface area contributed by atoms with Crippen LogP contribution in [-0.4, -0.2) is 29.6 Å². The molecule has 0 amide bonds. The topological polar surface area (TPSA) is 49.3 Å². The fourth-order valence-corrected chi connectivity index (χ4v) is 2.51.